The Morgan fingerprint density at radius 2 is 2.22 bits per heavy atom. The van der Waals surface area contributed by atoms with Crippen molar-refractivity contribution in [2.75, 3.05) is 37.9 Å². The zero-order chi connectivity index (χ0) is 13.4. The third-order valence-electron chi connectivity index (χ3n) is 2.94. The first-order valence-corrected chi connectivity index (χ1v) is 7.70. The highest BCUT2D eigenvalue weighted by atomic mass is 32.2. The number of benzene rings is 1. The summed E-state index contributed by atoms with van der Waals surface area (Å²) >= 11 is 1.89. The topological polar surface area (TPSA) is 38.5 Å². The Morgan fingerprint density at radius 3 is 2.89 bits per heavy atom. The standard InChI is InChI=1S/C14H24N2OS/c1-12(11-18-3)16(2)8-5-9-17-14-7-4-6-13(15)10-14/h4,6-7,10,12H,5,8-9,11,15H2,1-3H3. The van der Waals surface area contributed by atoms with Gasteiger partial charge in [0.2, 0.25) is 0 Å². The number of nitrogens with two attached hydrogens (primary N) is 1. The minimum Gasteiger partial charge on any atom is -0.493 e. The molecule has 0 spiro atoms. The van der Waals surface area contributed by atoms with Crippen molar-refractivity contribution in [3.8, 4) is 5.75 Å². The van der Waals surface area contributed by atoms with E-state index in [1.54, 1.807) is 0 Å². The minimum absolute atomic E-state index is 0.618. The molecule has 1 rings (SSSR count). The molecule has 0 radical (unpaired) electrons. The van der Waals surface area contributed by atoms with Gasteiger partial charge in [0.1, 0.15) is 5.75 Å². The number of ether oxygens (including phenoxy) is 1. The molecule has 0 aliphatic rings. The quantitative estimate of drug-likeness (QED) is 0.581. The van der Waals surface area contributed by atoms with E-state index in [-0.39, 0.29) is 0 Å². The summed E-state index contributed by atoms with van der Waals surface area (Å²) < 4.78 is 5.67. The summed E-state index contributed by atoms with van der Waals surface area (Å²) in [6.07, 6.45) is 3.18. The molecule has 0 aliphatic carbocycles. The lowest BCUT2D eigenvalue weighted by Gasteiger charge is -2.23. The van der Waals surface area contributed by atoms with Crippen molar-refractivity contribution < 1.29 is 4.74 Å². The lowest BCUT2D eigenvalue weighted by atomic mass is 10.3. The first-order valence-electron chi connectivity index (χ1n) is 6.31. The largest absolute Gasteiger partial charge is 0.493 e. The molecule has 1 aromatic carbocycles. The molecule has 18 heavy (non-hydrogen) atoms. The molecule has 0 heterocycles. The molecule has 1 unspecified atom stereocenters. The maximum atomic E-state index is 5.69. The van der Waals surface area contributed by atoms with Crippen LogP contribution in [0.1, 0.15) is 13.3 Å². The molecule has 0 saturated heterocycles. The van der Waals surface area contributed by atoms with E-state index in [2.05, 4.69) is 25.1 Å². The van der Waals surface area contributed by atoms with E-state index in [0.29, 0.717) is 6.04 Å². The third kappa shape index (κ3) is 5.65. The molecule has 1 aromatic rings. The molecule has 0 amide bonds. The summed E-state index contributed by atoms with van der Waals surface area (Å²) in [5, 5.41) is 0. The molecule has 0 fully saturated rings. The number of thioether (sulfide) groups is 1. The summed E-state index contributed by atoms with van der Waals surface area (Å²) in [5.41, 5.74) is 6.44. The van der Waals surface area contributed by atoms with Gasteiger partial charge in [-0.15, -0.1) is 0 Å². The smallest absolute Gasteiger partial charge is 0.121 e. The van der Waals surface area contributed by atoms with E-state index in [0.717, 1.165) is 31.0 Å². The maximum Gasteiger partial charge on any atom is 0.121 e. The molecular formula is C14H24N2OS. The van der Waals surface area contributed by atoms with Crippen molar-refractivity contribution in [1.82, 2.24) is 4.90 Å². The van der Waals surface area contributed by atoms with Gasteiger partial charge in [-0.3, -0.25) is 0 Å². The fourth-order valence-electron chi connectivity index (χ4n) is 1.70. The Labute approximate surface area is 115 Å². The predicted molar refractivity (Wildman–Crippen MR) is 81.4 cm³/mol. The van der Waals surface area contributed by atoms with Crippen LogP contribution < -0.4 is 10.5 Å². The second kappa shape index (κ2) is 8.27. The van der Waals surface area contributed by atoms with Gasteiger partial charge in [0, 0.05) is 30.1 Å². The van der Waals surface area contributed by atoms with Gasteiger partial charge >= 0.3 is 0 Å². The number of nitrogens with zero attached hydrogens (tertiary/aromatic N) is 1. The van der Waals surface area contributed by atoms with Crippen molar-refractivity contribution >= 4 is 17.4 Å². The van der Waals surface area contributed by atoms with Gasteiger partial charge in [-0.2, -0.15) is 11.8 Å². The molecular weight excluding hydrogens is 244 g/mol. The van der Waals surface area contributed by atoms with Crippen molar-refractivity contribution in [2.45, 2.75) is 19.4 Å². The van der Waals surface area contributed by atoms with E-state index in [1.807, 2.05) is 36.0 Å². The van der Waals surface area contributed by atoms with Gasteiger partial charge in [0.05, 0.1) is 6.61 Å². The van der Waals surface area contributed by atoms with Crippen LogP contribution >= 0.6 is 11.8 Å². The van der Waals surface area contributed by atoms with Crippen LogP contribution in [-0.4, -0.2) is 43.1 Å². The summed E-state index contributed by atoms with van der Waals surface area (Å²) in [4.78, 5) is 2.37. The van der Waals surface area contributed by atoms with Gasteiger partial charge in [-0.25, -0.2) is 0 Å². The van der Waals surface area contributed by atoms with E-state index in [9.17, 15) is 0 Å². The molecule has 4 heteroatoms. The van der Waals surface area contributed by atoms with E-state index >= 15 is 0 Å². The third-order valence-corrected chi connectivity index (χ3v) is 3.76. The predicted octanol–water partition coefficient (Wildman–Crippen LogP) is 2.72. The Bertz CT molecular complexity index is 346. The molecule has 0 aromatic heterocycles. The van der Waals surface area contributed by atoms with Gasteiger partial charge in [-0.1, -0.05) is 6.07 Å². The molecule has 102 valence electrons. The highest BCUT2D eigenvalue weighted by Gasteiger charge is 2.07. The molecule has 0 aliphatic heterocycles. The van der Waals surface area contributed by atoms with Crippen molar-refractivity contribution in [3.05, 3.63) is 24.3 Å². The average molecular weight is 268 g/mol. The second-order valence-electron chi connectivity index (χ2n) is 4.56. The lowest BCUT2D eigenvalue weighted by Crippen LogP contribution is -2.32. The van der Waals surface area contributed by atoms with Crippen molar-refractivity contribution in [2.24, 2.45) is 0 Å². The van der Waals surface area contributed by atoms with Gasteiger partial charge in [-0.05, 0) is 38.8 Å². The van der Waals surface area contributed by atoms with Gasteiger partial charge in [0.15, 0.2) is 0 Å². The zero-order valence-electron chi connectivity index (χ0n) is 11.6. The summed E-state index contributed by atoms with van der Waals surface area (Å²) in [7, 11) is 2.17. The Hall–Kier alpha value is -0.870. The lowest BCUT2D eigenvalue weighted by molar-refractivity contribution is 0.236. The van der Waals surface area contributed by atoms with Crippen LogP contribution in [0.3, 0.4) is 0 Å². The monoisotopic (exact) mass is 268 g/mol. The van der Waals surface area contributed by atoms with Crippen molar-refractivity contribution in [1.29, 1.82) is 0 Å². The normalized spacial score (nSPS) is 12.7. The molecule has 3 nitrogen and oxygen atoms in total. The molecule has 1 atom stereocenters. The van der Waals surface area contributed by atoms with E-state index < -0.39 is 0 Å². The SMILES string of the molecule is CSCC(C)N(C)CCCOc1cccc(N)c1. The van der Waals surface area contributed by atoms with Crippen LogP contribution in [0, 0.1) is 0 Å². The number of hydrogen-bond acceptors (Lipinski definition) is 4. The van der Waals surface area contributed by atoms with Crippen LogP contribution in [-0.2, 0) is 0 Å². The molecule has 2 N–H and O–H groups in total. The second-order valence-corrected chi connectivity index (χ2v) is 5.47. The number of anilines is 1. The first kappa shape index (κ1) is 15.2. The van der Waals surface area contributed by atoms with E-state index in [4.69, 9.17) is 10.5 Å². The number of rotatable bonds is 8. The van der Waals surface area contributed by atoms with Crippen LogP contribution in [0.5, 0.6) is 5.75 Å². The number of hydrogen-bond donors (Lipinski definition) is 1. The molecule has 0 saturated carbocycles. The fraction of sp³-hybridized carbons (Fsp3) is 0.571. The first-order chi connectivity index (χ1) is 8.63. The van der Waals surface area contributed by atoms with Crippen LogP contribution in [0.15, 0.2) is 24.3 Å². The van der Waals surface area contributed by atoms with Crippen LogP contribution in [0.4, 0.5) is 5.69 Å². The highest BCUT2D eigenvalue weighted by molar-refractivity contribution is 7.98. The van der Waals surface area contributed by atoms with Crippen LogP contribution in [0.25, 0.3) is 0 Å². The number of nitrogen functional groups attached to an aromatic ring is 1. The summed E-state index contributed by atoms with van der Waals surface area (Å²) in [6.45, 7) is 4.05. The highest BCUT2D eigenvalue weighted by Crippen LogP contribution is 2.14. The maximum absolute atomic E-state index is 5.69. The van der Waals surface area contributed by atoms with Crippen LogP contribution in [0.2, 0.25) is 0 Å². The summed E-state index contributed by atoms with van der Waals surface area (Å²) in [5.74, 6) is 2.03. The Kier molecular flexibility index (Phi) is 6.98. The van der Waals surface area contributed by atoms with Gasteiger partial charge in [0.25, 0.3) is 0 Å². The average Bonchev–Trinajstić information content (AvgIpc) is 2.35. The Morgan fingerprint density at radius 1 is 1.44 bits per heavy atom. The minimum atomic E-state index is 0.618. The zero-order valence-corrected chi connectivity index (χ0v) is 12.4. The van der Waals surface area contributed by atoms with Gasteiger partial charge < -0.3 is 15.4 Å². The van der Waals surface area contributed by atoms with E-state index in [1.165, 1.54) is 5.75 Å². The molecule has 0 bridgehead atoms. The fourth-order valence-corrected chi connectivity index (χ4v) is 2.43. The Balaban J connectivity index is 2.18. The van der Waals surface area contributed by atoms with Crippen molar-refractivity contribution in [3.63, 3.8) is 0 Å². The summed E-state index contributed by atoms with van der Waals surface area (Å²) in [6, 6.07) is 8.20.